The number of hydrogen-bond acceptors (Lipinski definition) is 1. The fourth-order valence-corrected chi connectivity index (χ4v) is 1.70. The molecule has 1 heteroatoms. The van der Waals surface area contributed by atoms with Gasteiger partial charge >= 0.3 is 0 Å². The van der Waals surface area contributed by atoms with Gasteiger partial charge in [0.05, 0.1) is 7.11 Å². The van der Waals surface area contributed by atoms with Crippen molar-refractivity contribution in [3.8, 4) is 16.9 Å². The van der Waals surface area contributed by atoms with Crippen molar-refractivity contribution in [2.24, 2.45) is 0 Å². The van der Waals surface area contributed by atoms with E-state index in [1.165, 1.54) is 11.1 Å². The summed E-state index contributed by atoms with van der Waals surface area (Å²) in [6, 6.07) is 17.3. The Morgan fingerprint density at radius 3 is 2.47 bits per heavy atom. The minimum atomic E-state index is 0.816. The molecule has 15 heavy (non-hydrogen) atoms. The maximum atomic E-state index is 5.25. The number of benzene rings is 2. The monoisotopic (exact) mass is 197 g/mol. The maximum absolute atomic E-state index is 5.25. The van der Waals surface area contributed by atoms with Crippen molar-refractivity contribution in [2.45, 2.75) is 6.92 Å². The van der Waals surface area contributed by atoms with Gasteiger partial charge in [-0.25, -0.2) is 0 Å². The van der Waals surface area contributed by atoms with Gasteiger partial charge in [0.1, 0.15) is 5.75 Å². The quantitative estimate of drug-likeness (QED) is 0.716. The van der Waals surface area contributed by atoms with E-state index >= 15 is 0 Å². The Labute approximate surface area is 90.3 Å². The van der Waals surface area contributed by atoms with Crippen molar-refractivity contribution in [1.29, 1.82) is 0 Å². The van der Waals surface area contributed by atoms with Crippen LogP contribution in [0.5, 0.6) is 5.75 Å². The molecule has 0 atom stereocenters. The van der Waals surface area contributed by atoms with Crippen LogP contribution in [-0.4, -0.2) is 7.11 Å². The molecule has 0 spiro atoms. The van der Waals surface area contributed by atoms with E-state index in [1.807, 2.05) is 24.3 Å². The molecule has 0 unspecified atom stereocenters. The molecule has 1 radical (unpaired) electrons. The SMILES string of the molecule is COc1[c]ccc(-c2ccccc2)c1C. The van der Waals surface area contributed by atoms with E-state index in [0.29, 0.717) is 0 Å². The second-order valence-corrected chi connectivity index (χ2v) is 3.42. The lowest BCUT2D eigenvalue weighted by Crippen LogP contribution is -1.90. The smallest absolute Gasteiger partial charge is 0.130 e. The second-order valence-electron chi connectivity index (χ2n) is 3.42. The van der Waals surface area contributed by atoms with Crippen LogP contribution >= 0.6 is 0 Å². The first-order chi connectivity index (χ1) is 7.33. The molecule has 0 amide bonds. The molecule has 75 valence electrons. The third-order valence-electron chi connectivity index (χ3n) is 2.50. The van der Waals surface area contributed by atoms with Crippen LogP contribution < -0.4 is 4.74 Å². The van der Waals surface area contributed by atoms with E-state index in [1.54, 1.807) is 7.11 Å². The van der Waals surface area contributed by atoms with Crippen molar-refractivity contribution in [3.63, 3.8) is 0 Å². The average Bonchev–Trinajstić information content (AvgIpc) is 2.30. The second kappa shape index (κ2) is 4.18. The summed E-state index contributed by atoms with van der Waals surface area (Å²) in [5.74, 6) is 0.816. The maximum Gasteiger partial charge on any atom is 0.130 e. The Morgan fingerprint density at radius 1 is 1.07 bits per heavy atom. The first kappa shape index (κ1) is 9.78. The van der Waals surface area contributed by atoms with Gasteiger partial charge in [-0.15, -0.1) is 0 Å². The summed E-state index contributed by atoms with van der Waals surface area (Å²) in [4.78, 5) is 0. The Balaban J connectivity index is 2.54. The van der Waals surface area contributed by atoms with E-state index in [0.717, 1.165) is 11.3 Å². The van der Waals surface area contributed by atoms with Crippen molar-refractivity contribution in [2.75, 3.05) is 7.11 Å². The first-order valence-electron chi connectivity index (χ1n) is 4.93. The highest BCUT2D eigenvalue weighted by Gasteiger charge is 2.05. The van der Waals surface area contributed by atoms with E-state index in [2.05, 4.69) is 31.2 Å². The molecule has 0 aliphatic heterocycles. The van der Waals surface area contributed by atoms with Crippen molar-refractivity contribution in [1.82, 2.24) is 0 Å². The van der Waals surface area contributed by atoms with Gasteiger partial charge in [-0.05, 0) is 29.7 Å². The van der Waals surface area contributed by atoms with Gasteiger partial charge < -0.3 is 4.74 Å². The Kier molecular flexibility index (Phi) is 2.72. The third-order valence-corrected chi connectivity index (χ3v) is 2.50. The molecule has 0 saturated heterocycles. The summed E-state index contributed by atoms with van der Waals surface area (Å²) in [6.07, 6.45) is 0. The fraction of sp³-hybridized carbons (Fsp3) is 0.143. The predicted molar refractivity (Wildman–Crippen MR) is 62.0 cm³/mol. The van der Waals surface area contributed by atoms with Gasteiger partial charge in [-0.3, -0.25) is 0 Å². The number of ether oxygens (including phenoxy) is 1. The molecule has 0 fully saturated rings. The fourth-order valence-electron chi connectivity index (χ4n) is 1.70. The topological polar surface area (TPSA) is 9.23 Å². The summed E-state index contributed by atoms with van der Waals surface area (Å²) < 4.78 is 5.25. The lowest BCUT2D eigenvalue weighted by molar-refractivity contribution is 0.411. The van der Waals surface area contributed by atoms with Crippen molar-refractivity contribution >= 4 is 0 Å². The lowest BCUT2D eigenvalue weighted by atomic mass is 10.0. The van der Waals surface area contributed by atoms with Gasteiger partial charge in [0.25, 0.3) is 0 Å². The highest BCUT2D eigenvalue weighted by Crippen LogP contribution is 2.28. The molecule has 0 bridgehead atoms. The molecule has 2 aromatic carbocycles. The highest BCUT2D eigenvalue weighted by atomic mass is 16.5. The van der Waals surface area contributed by atoms with E-state index in [4.69, 9.17) is 4.74 Å². The molecule has 0 aromatic heterocycles. The molecular formula is C14H13O. The summed E-state index contributed by atoms with van der Waals surface area (Å²) in [7, 11) is 1.67. The molecule has 0 heterocycles. The molecule has 0 N–H and O–H groups in total. The first-order valence-corrected chi connectivity index (χ1v) is 4.93. The van der Waals surface area contributed by atoms with Gasteiger partial charge in [-0.1, -0.05) is 36.4 Å². The molecular weight excluding hydrogens is 184 g/mol. The molecule has 1 nitrogen and oxygen atoms in total. The standard InChI is InChI=1S/C14H13O/c1-11-13(9-6-10-14(11)15-2)12-7-4-3-5-8-12/h3-9H,1-2H3. The third kappa shape index (κ3) is 1.86. The predicted octanol–water partition coefficient (Wildman–Crippen LogP) is 3.47. The minimum absolute atomic E-state index is 0.816. The van der Waals surface area contributed by atoms with Crippen LogP contribution in [0.4, 0.5) is 0 Å². The zero-order chi connectivity index (χ0) is 10.7. The number of hydrogen-bond donors (Lipinski definition) is 0. The number of rotatable bonds is 2. The minimum Gasteiger partial charge on any atom is -0.496 e. The summed E-state index contributed by atoms with van der Waals surface area (Å²) in [5.41, 5.74) is 3.54. The van der Waals surface area contributed by atoms with Crippen LogP contribution in [0.1, 0.15) is 5.56 Å². The lowest BCUT2D eigenvalue weighted by Gasteiger charge is -2.09. The van der Waals surface area contributed by atoms with E-state index < -0.39 is 0 Å². The van der Waals surface area contributed by atoms with E-state index in [-0.39, 0.29) is 0 Å². The van der Waals surface area contributed by atoms with Crippen molar-refractivity contribution in [3.05, 3.63) is 54.1 Å². The van der Waals surface area contributed by atoms with Gasteiger partial charge in [0, 0.05) is 6.07 Å². The normalized spacial score (nSPS) is 10.0. The largest absolute Gasteiger partial charge is 0.496 e. The molecule has 0 aliphatic carbocycles. The van der Waals surface area contributed by atoms with Crippen LogP contribution in [0.2, 0.25) is 0 Å². The van der Waals surface area contributed by atoms with Crippen molar-refractivity contribution < 1.29 is 4.74 Å². The van der Waals surface area contributed by atoms with Crippen LogP contribution in [0, 0.1) is 13.0 Å². The zero-order valence-corrected chi connectivity index (χ0v) is 8.95. The Bertz CT molecular complexity index is 446. The molecule has 2 rings (SSSR count). The van der Waals surface area contributed by atoms with Gasteiger partial charge in [-0.2, -0.15) is 0 Å². The van der Waals surface area contributed by atoms with E-state index in [9.17, 15) is 0 Å². The molecule has 2 aromatic rings. The Hall–Kier alpha value is -1.76. The zero-order valence-electron chi connectivity index (χ0n) is 8.95. The van der Waals surface area contributed by atoms with Gasteiger partial charge in [0.2, 0.25) is 0 Å². The number of methoxy groups -OCH3 is 1. The highest BCUT2D eigenvalue weighted by molar-refractivity contribution is 5.69. The van der Waals surface area contributed by atoms with Crippen LogP contribution in [0.15, 0.2) is 42.5 Å². The van der Waals surface area contributed by atoms with Gasteiger partial charge in [0.15, 0.2) is 0 Å². The van der Waals surface area contributed by atoms with Crippen LogP contribution in [0.25, 0.3) is 11.1 Å². The molecule has 0 saturated carbocycles. The molecule has 0 aliphatic rings. The Morgan fingerprint density at radius 2 is 1.80 bits per heavy atom. The average molecular weight is 197 g/mol. The summed E-state index contributed by atoms with van der Waals surface area (Å²) in [6.45, 7) is 2.05. The summed E-state index contributed by atoms with van der Waals surface area (Å²) >= 11 is 0. The van der Waals surface area contributed by atoms with Crippen LogP contribution in [0.3, 0.4) is 0 Å². The summed E-state index contributed by atoms with van der Waals surface area (Å²) in [5, 5.41) is 0. The van der Waals surface area contributed by atoms with Crippen LogP contribution in [-0.2, 0) is 0 Å².